The monoisotopic (exact) mass is 376 g/mol. The van der Waals surface area contributed by atoms with E-state index < -0.39 is 5.97 Å². The van der Waals surface area contributed by atoms with E-state index in [2.05, 4.69) is 0 Å². The van der Waals surface area contributed by atoms with Crippen LogP contribution in [0.4, 0.5) is 0 Å². The third-order valence-electron chi connectivity index (χ3n) is 4.91. The summed E-state index contributed by atoms with van der Waals surface area (Å²) in [6, 6.07) is 12.2. The van der Waals surface area contributed by atoms with E-state index >= 15 is 0 Å². The molecule has 142 valence electrons. The second kappa shape index (κ2) is 7.35. The number of carboxylic acids is 1. The molecule has 1 heterocycles. The van der Waals surface area contributed by atoms with E-state index in [1.807, 2.05) is 37.3 Å². The van der Waals surface area contributed by atoms with E-state index in [0.717, 1.165) is 29.7 Å². The maximum absolute atomic E-state index is 13.0. The Morgan fingerprint density at radius 3 is 2.86 bits per heavy atom. The first-order valence-electron chi connectivity index (χ1n) is 9.33. The molecule has 2 aromatic carbocycles. The number of fused-ring (bicyclic) bond motifs is 2. The topological polar surface area (TPSA) is 76.7 Å². The highest BCUT2D eigenvalue weighted by Crippen LogP contribution is 2.33. The van der Waals surface area contributed by atoms with Crippen molar-refractivity contribution in [2.24, 2.45) is 0 Å². The third kappa shape index (κ3) is 3.31. The van der Waals surface area contributed by atoms with E-state index in [9.17, 15) is 14.7 Å². The van der Waals surface area contributed by atoms with Crippen LogP contribution in [0.2, 0.25) is 0 Å². The number of allylic oxidation sites excluding steroid dienone is 1. The van der Waals surface area contributed by atoms with Crippen molar-refractivity contribution in [2.75, 3.05) is 6.61 Å². The minimum absolute atomic E-state index is 0.0825. The Hall–Kier alpha value is -3.34. The molecule has 0 atom stereocenters. The fourth-order valence-corrected chi connectivity index (χ4v) is 3.62. The van der Waals surface area contributed by atoms with Gasteiger partial charge in [0.2, 0.25) is 0 Å². The molecule has 1 aromatic heterocycles. The summed E-state index contributed by atoms with van der Waals surface area (Å²) in [4.78, 5) is 24.2. The molecule has 5 nitrogen and oxygen atoms in total. The summed E-state index contributed by atoms with van der Waals surface area (Å²) in [5.41, 5.74) is 2.92. The van der Waals surface area contributed by atoms with Crippen molar-refractivity contribution in [1.29, 1.82) is 0 Å². The number of ether oxygens (including phenoxy) is 1. The molecule has 5 heteroatoms. The standard InChI is InChI=1S/C23H20O5/c1-2-27-17-7-3-5-14(12-17)11-15-6-4-8-18-21(24)19-13-16(23(25)26)9-10-20(19)28-22(15)18/h3,5,7,9-13H,2,4,6,8H2,1H3,(H,25,26). The Morgan fingerprint density at radius 1 is 1.21 bits per heavy atom. The summed E-state index contributed by atoms with van der Waals surface area (Å²) in [6.45, 7) is 2.54. The first-order chi connectivity index (χ1) is 13.6. The first kappa shape index (κ1) is 18.0. The molecule has 1 aliphatic rings. The van der Waals surface area contributed by atoms with Crippen LogP contribution in [0.5, 0.6) is 5.75 Å². The van der Waals surface area contributed by atoms with Gasteiger partial charge in [0, 0.05) is 5.56 Å². The van der Waals surface area contributed by atoms with Crippen molar-refractivity contribution in [3.05, 3.63) is 75.1 Å². The van der Waals surface area contributed by atoms with Crippen molar-refractivity contribution in [2.45, 2.75) is 26.2 Å². The normalized spacial score (nSPS) is 14.8. The number of hydrogen-bond donors (Lipinski definition) is 1. The van der Waals surface area contributed by atoms with Crippen LogP contribution < -0.4 is 10.2 Å². The number of benzene rings is 2. The van der Waals surface area contributed by atoms with Gasteiger partial charge in [0.25, 0.3) is 0 Å². The summed E-state index contributed by atoms with van der Waals surface area (Å²) < 4.78 is 11.6. The van der Waals surface area contributed by atoms with E-state index in [4.69, 9.17) is 9.15 Å². The summed E-state index contributed by atoms with van der Waals surface area (Å²) >= 11 is 0. The molecular weight excluding hydrogens is 356 g/mol. The molecule has 4 rings (SSSR count). The minimum atomic E-state index is -1.06. The lowest BCUT2D eigenvalue weighted by atomic mass is 9.90. The molecule has 0 unspecified atom stereocenters. The molecule has 28 heavy (non-hydrogen) atoms. The van der Waals surface area contributed by atoms with E-state index in [-0.39, 0.29) is 11.0 Å². The molecule has 0 fully saturated rings. The van der Waals surface area contributed by atoms with E-state index in [1.54, 1.807) is 6.07 Å². The highest BCUT2D eigenvalue weighted by molar-refractivity contribution is 5.93. The molecule has 0 radical (unpaired) electrons. The molecule has 0 saturated heterocycles. The van der Waals surface area contributed by atoms with Crippen LogP contribution in [0.3, 0.4) is 0 Å². The van der Waals surface area contributed by atoms with Gasteiger partial charge < -0.3 is 14.3 Å². The van der Waals surface area contributed by atoms with Crippen molar-refractivity contribution in [1.82, 2.24) is 0 Å². The summed E-state index contributed by atoms with van der Waals surface area (Å²) in [6.07, 6.45) is 4.31. The van der Waals surface area contributed by atoms with Gasteiger partial charge in [-0.05, 0) is 73.7 Å². The molecule has 3 aromatic rings. The smallest absolute Gasteiger partial charge is 0.335 e. The molecule has 0 saturated carbocycles. The van der Waals surface area contributed by atoms with Gasteiger partial charge in [-0.1, -0.05) is 12.1 Å². The second-order valence-electron chi connectivity index (χ2n) is 6.78. The Bertz CT molecular complexity index is 1150. The van der Waals surface area contributed by atoms with Gasteiger partial charge in [0.1, 0.15) is 17.1 Å². The quantitative estimate of drug-likeness (QED) is 0.710. The van der Waals surface area contributed by atoms with E-state index in [1.165, 1.54) is 12.1 Å². The van der Waals surface area contributed by atoms with Crippen LogP contribution in [0, 0.1) is 0 Å². The van der Waals surface area contributed by atoms with Gasteiger partial charge in [-0.25, -0.2) is 4.79 Å². The number of carboxylic acid groups (broad SMARTS) is 1. The van der Waals surface area contributed by atoms with Crippen molar-refractivity contribution in [3.63, 3.8) is 0 Å². The highest BCUT2D eigenvalue weighted by Gasteiger charge is 2.22. The largest absolute Gasteiger partial charge is 0.494 e. The molecule has 0 aliphatic heterocycles. The predicted octanol–water partition coefficient (Wildman–Crippen LogP) is 4.77. The van der Waals surface area contributed by atoms with Gasteiger partial charge in [0.15, 0.2) is 5.43 Å². The maximum Gasteiger partial charge on any atom is 0.335 e. The lowest BCUT2D eigenvalue weighted by molar-refractivity contribution is 0.0697. The summed E-state index contributed by atoms with van der Waals surface area (Å²) in [5, 5.41) is 9.51. The average Bonchev–Trinajstić information content (AvgIpc) is 2.69. The molecule has 0 amide bonds. The average molecular weight is 376 g/mol. The molecule has 1 aliphatic carbocycles. The zero-order valence-electron chi connectivity index (χ0n) is 15.5. The highest BCUT2D eigenvalue weighted by atomic mass is 16.5. The van der Waals surface area contributed by atoms with Crippen molar-refractivity contribution < 1.29 is 19.1 Å². The zero-order valence-corrected chi connectivity index (χ0v) is 15.5. The molecule has 1 N–H and O–H groups in total. The van der Waals surface area contributed by atoms with Crippen LogP contribution in [-0.4, -0.2) is 17.7 Å². The van der Waals surface area contributed by atoms with Gasteiger partial charge in [0.05, 0.1) is 17.6 Å². The molecule has 0 bridgehead atoms. The predicted molar refractivity (Wildman–Crippen MR) is 108 cm³/mol. The summed E-state index contributed by atoms with van der Waals surface area (Å²) in [5.74, 6) is 0.344. The van der Waals surface area contributed by atoms with E-state index in [0.29, 0.717) is 35.3 Å². The van der Waals surface area contributed by atoms with Crippen LogP contribution in [0.25, 0.3) is 22.6 Å². The number of carbonyl (C=O) groups is 1. The summed E-state index contributed by atoms with van der Waals surface area (Å²) in [7, 11) is 0. The van der Waals surface area contributed by atoms with Crippen molar-refractivity contribution >= 4 is 28.6 Å². The Kier molecular flexibility index (Phi) is 4.74. The molecular formula is C23H20O5. The zero-order chi connectivity index (χ0) is 19.7. The maximum atomic E-state index is 13.0. The van der Waals surface area contributed by atoms with Gasteiger partial charge in [-0.3, -0.25) is 4.79 Å². The SMILES string of the molecule is CCOc1cccc(C=C2CCCc3c2oc2ccc(C(=O)O)cc2c3=O)c1. The third-order valence-corrected chi connectivity index (χ3v) is 4.91. The van der Waals surface area contributed by atoms with Gasteiger partial charge >= 0.3 is 5.97 Å². The van der Waals surface area contributed by atoms with Gasteiger partial charge in [-0.2, -0.15) is 0 Å². The number of aromatic carboxylic acids is 1. The van der Waals surface area contributed by atoms with Crippen LogP contribution in [0.1, 0.15) is 47.0 Å². The minimum Gasteiger partial charge on any atom is -0.494 e. The Labute approximate surface area is 161 Å². The van der Waals surface area contributed by atoms with Crippen LogP contribution >= 0.6 is 0 Å². The Morgan fingerprint density at radius 2 is 2.07 bits per heavy atom. The Balaban J connectivity index is 1.84. The number of hydrogen-bond acceptors (Lipinski definition) is 4. The molecule has 0 spiro atoms. The lowest BCUT2D eigenvalue weighted by Gasteiger charge is -2.18. The fraction of sp³-hybridized carbons (Fsp3) is 0.217. The van der Waals surface area contributed by atoms with Crippen LogP contribution in [-0.2, 0) is 6.42 Å². The fourth-order valence-electron chi connectivity index (χ4n) is 3.62. The second-order valence-corrected chi connectivity index (χ2v) is 6.78. The first-order valence-corrected chi connectivity index (χ1v) is 9.33. The van der Waals surface area contributed by atoms with Gasteiger partial charge in [-0.15, -0.1) is 0 Å². The lowest BCUT2D eigenvalue weighted by Crippen LogP contribution is -2.16. The number of rotatable bonds is 4. The van der Waals surface area contributed by atoms with Crippen LogP contribution in [0.15, 0.2) is 51.7 Å². The van der Waals surface area contributed by atoms with Crippen molar-refractivity contribution in [3.8, 4) is 5.75 Å².